The number of piperidine rings is 1. The molecule has 1 heterocycles. The van der Waals surface area contributed by atoms with Crippen molar-refractivity contribution in [1.82, 2.24) is 0 Å². The highest BCUT2D eigenvalue weighted by atomic mass is 15.4. The Morgan fingerprint density at radius 3 is 2.11 bits per heavy atom. The molecule has 1 fully saturated rings. The van der Waals surface area contributed by atoms with Crippen LogP contribution in [0.2, 0.25) is 0 Å². The van der Waals surface area contributed by atoms with Gasteiger partial charge in [-0.2, -0.15) is 0 Å². The molecule has 1 rings (SSSR count). The third-order valence-corrected chi connectivity index (χ3v) is 2.34. The molecule has 9 heavy (non-hydrogen) atoms. The normalized spacial score (nSPS) is 26.0. The second-order valence-corrected chi connectivity index (χ2v) is 3.31. The van der Waals surface area contributed by atoms with Crippen LogP contribution >= 0.6 is 0 Å². The maximum atomic E-state index is 5.61. The van der Waals surface area contributed by atoms with Gasteiger partial charge in [0.05, 0.1) is 20.1 Å². The molecule has 0 radical (unpaired) electrons. The lowest BCUT2D eigenvalue weighted by molar-refractivity contribution is -0.913. The van der Waals surface area contributed by atoms with Crippen LogP contribution < -0.4 is 5.73 Å². The molecule has 1 saturated heterocycles. The van der Waals surface area contributed by atoms with E-state index in [0.29, 0.717) is 0 Å². The molecule has 0 aromatic heterocycles. The van der Waals surface area contributed by atoms with Crippen molar-refractivity contribution in [2.45, 2.75) is 19.3 Å². The lowest BCUT2D eigenvalue weighted by Crippen LogP contribution is -2.51. The smallest absolute Gasteiger partial charge is 0.129 e. The highest BCUT2D eigenvalue weighted by Crippen LogP contribution is 2.13. The first kappa shape index (κ1) is 7.03. The molecular weight excluding hydrogens is 112 g/mol. The van der Waals surface area contributed by atoms with E-state index in [1.807, 2.05) is 0 Å². The van der Waals surface area contributed by atoms with Gasteiger partial charge in [-0.05, 0) is 19.3 Å². The first-order valence-electron chi connectivity index (χ1n) is 3.80. The Morgan fingerprint density at radius 1 is 1.22 bits per heavy atom. The van der Waals surface area contributed by atoms with Crippen molar-refractivity contribution >= 4 is 0 Å². The topological polar surface area (TPSA) is 26.0 Å². The molecule has 2 nitrogen and oxygen atoms in total. The molecule has 0 spiro atoms. The molecular formula is C7H17N2+. The minimum absolute atomic E-state index is 0.819. The van der Waals surface area contributed by atoms with Gasteiger partial charge >= 0.3 is 0 Å². The predicted octanol–water partition coefficient (Wildman–Crippen LogP) is 0.533. The number of likely N-dealkylation sites (tertiary alicyclic amines) is 1. The summed E-state index contributed by atoms with van der Waals surface area (Å²) in [6.45, 7) is 3.40. The number of rotatable bonds is 1. The molecule has 0 saturated carbocycles. The fourth-order valence-electron chi connectivity index (χ4n) is 1.46. The molecule has 0 aliphatic carbocycles. The Morgan fingerprint density at radius 2 is 1.78 bits per heavy atom. The van der Waals surface area contributed by atoms with Crippen LogP contribution in [-0.2, 0) is 0 Å². The fraction of sp³-hybridized carbons (Fsp3) is 1.00. The third kappa shape index (κ3) is 1.66. The standard InChI is InChI=1S/C7H17N2/c1-9(7-8)5-3-2-4-6-9/h2-8H2,1H3/q+1. The van der Waals surface area contributed by atoms with Gasteiger partial charge in [-0.1, -0.05) is 0 Å². The Kier molecular flexibility index (Phi) is 2.09. The van der Waals surface area contributed by atoms with E-state index in [1.165, 1.54) is 32.4 Å². The monoisotopic (exact) mass is 129 g/mol. The van der Waals surface area contributed by atoms with Crippen LogP contribution in [-0.4, -0.2) is 31.3 Å². The summed E-state index contributed by atoms with van der Waals surface area (Å²) in [5.74, 6) is 0. The van der Waals surface area contributed by atoms with Crippen molar-refractivity contribution in [2.75, 3.05) is 26.8 Å². The van der Waals surface area contributed by atoms with Crippen LogP contribution in [0.15, 0.2) is 0 Å². The van der Waals surface area contributed by atoms with Crippen LogP contribution in [0, 0.1) is 0 Å². The van der Waals surface area contributed by atoms with E-state index in [9.17, 15) is 0 Å². The zero-order chi connectivity index (χ0) is 6.74. The van der Waals surface area contributed by atoms with Crippen LogP contribution in [0.3, 0.4) is 0 Å². The van der Waals surface area contributed by atoms with Crippen molar-refractivity contribution < 1.29 is 4.48 Å². The van der Waals surface area contributed by atoms with E-state index in [-0.39, 0.29) is 0 Å². The summed E-state index contributed by atoms with van der Waals surface area (Å²) >= 11 is 0. The van der Waals surface area contributed by atoms with Crippen molar-refractivity contribution in [1.29, 1.82) is 0 Å². The van der Waals surface area contributed by atoms with Crippen LogP contribution in [0.5, 0.6) is 0 Å². The number of quaternary nitrogens is 1. The average molecular weight is 129 g/mol. The van der Waals surface area contributed by atoms with Crippen molar-refractivity contribution in [3.05, 3.63) is 0 Å². The number of nitrogens with zero attached hydrogens (tertiary/aromatic N) is 1. The van der Waals surface area contributed by atoms with Gasteiger partial charge in [-0.3, -0.25) is 5.73 Å². The van der Waals surface area contributed by atoms with E-state index in [4.69, 9.17) is 5.73 Å². The molecule has 0 amide bonds. The lowest BCUT2D eigenvalue weighted by Gasteiger charge is -2.36. The second-order valence-electron chi connectivity index (χ2n) is 3.31. The zero-order valence-electron chi connectivity index (χ0n) is 6.27. The van der Waals surface area contributed by atoms with Gasteiger partial charge in [-0.25, -0.2) is 0 Å². The minimum atomic E-state index is 0.819. The quantitative estimate of drug-likeness (QED) is 0.514. The van der Waals surface area contributed by atoms with Crippen LogP contribution in [0.4, 0.5) is 0 Å². The molecule has 1 aliphatic rings. The molecule has 0 aromatic rings. The molecule has 0 atom stereocenters. The molecule has 2 N–H and O–H groups in total. The Labute approximate surface area is 57.2 Å². The largest absolute Gasteiger partial charge is 0.314 e. The van der Waals surface area contributed by atoms with Crippen molar-refractivity contribution in [3.63, 3.8) is 0 Å². The van der Waals surface area contributed by atoms with E-state index in [1.54, 1.807) is 0 Å². The molecule has 0 unspecified atom stereocenters. The first-order chi connectivity index (χ1) is 4.27. The van der Waals surface area contributed by atoms with E-state index in [2.05, 4.69) is 7.05 Å². The third-order valence-electron chi connectivity index (χ3n) is 2.34. The van der Waals surface area contributed by atoms with Crippen molar-refractivity contribution in [3.8, 4) is 0 Å². The maximum Gasteiger partial charge on any atom is 0.129 e. The summed E-state index contributed by atoms with van der Waals surface area (Å²) in [4.78, 5) is 0. The fourth-order valence-corrected chi connectivity index (χ4v) is 1.46. The Hall–Kier alpha value is -0.0800. The Bertz CT molecular complexity index is 84.9. The molecule has 0 aromatic carbocycles. The first-order valence-corrected chi connectivity index (χ1v) is 3.80. The number of hydrogen-bond acceptors (Lipinski definition) is 1. The summed E-state index contributed by atoms with van der Waals surface area (Å²) in [5, 5.41) is 0. The van der Waals surface area contributed by atoms with Gasteiger partial charge < -0.3 is 4.48 Å². The van der Waals surface area contributed by atoms with E-state index < -0.39 is 0 Å². The minimum Gasteiger partial charge on any atom is -0.314 e. The second kappa shape index (κ2) is 2.67. The van der Waals surface area contributed by atoms with Crippen LogP contribution in [0.25, 0.3) is 0 Å². The van der Waals surface area contributed by atoms with Gasteiger partial charge in [0.1, 0.15) is 6.67 Å². The zero-order valence-corrected chi connectivity index (χ0v) is 6.27. The molecule has 0 bridgehead atoms. The highest BCUT2D eigenvalue weighted by molar-refractivity contribution is 4.49. The van der Waals surface area contributed by atoms with Crippen molar-refractivity contribution in [2.24, 2.45) is 5.73 Å². The van der Waals surface area contributed by atoms with Crippen LogP contribution in [0.1, 0.15) is 19.3 Å². The van der Waals surface area contributed by atoms with Gasteiger partial charge in [0.15, 0.2) is 0 Å². The molecule has 1 aliphatic heterocycles. The predicted molar refractivity (Wildman–Crippen MR) is 38.8 cm³/mol. The summed E-state index contributed by atoms with van der Waals surface area (Å²) in [7, 11) is 2.25. The highest BCUT2D eigenvalue weighted by Gasteiger charge is 2.21. The summed E-state index contributed by atoms with van der Waals surface area (Å²) in [6.07, 6.45) is 4.15. The number of nitrogens with two attached hydrogens (primary N) is 1. The summed E-state index contributed by atoms with van der Waals surface area (Å²) in [6, 6.07) is 0. The van der Waals surface area contributed by atoms with E-state index >= 15 is 0 Å². The molecule has 2 heteroatoms. The van der Waals surface area contributed by atoms with Gasteiger partial charge in [0.2, 0.25) is 0 Å². The van der Waals surface area contributed by atoms with E-state index in [0.717, 1.165) is 11.2 Å². The summed E-state index contributed by atoms with van der Waals surface area (Å²) < 4.78 is 1.10. The SMILES string of the molecule is C[N+]1(CN)CCCCC1. The average Bonchev–Trinajstić information content (AvgIpc) is 1.90. The summed E-state index contributed by atoms with van der Waals surface area (Å²) in [5.41, 5.74) is 5.61. The Balaban J connectivity index is 2.37. The molecule has 54 valence electrons. The lowest BCUT2D eigenvalue weighted by atomic mass is 10.1. The van der Waals surface area contributed by atoms with Gasteiger partial charge in [0.25, 0.3) is 0 Å². The maximum absolute atomic E-state index is 5.61. The number of hydrogen-bond donors (Lipinski definition) is 1. The van der Waals surface area contributed by atoms with Gasteiger partial charge in [0, 0.05) is 0 Å². The van der Waals surface area contributed by atoms with Gasteiger partial charge in [-0.15, -0.1) is 0 Å².